The molecule has 342 valence electrons. The minimum Gasteiger partial charge on any atom is -0.192 e. The van der Waals surface area contributed by atoms with E-state index in [1.807, 2.05) is 0 Å². The fraction of sp³-hybridized carbons (Fsp3) is 0.524. The van der Waals surface area contributed by atoms with Crippen molar-refractivity contribution < 1.29 is 0 Å². The topological polar surface area (TPSA) is 47.6 Å². The fourth-order valence-electron chi connectivity index (χ4n) is 9.85. The van der Waals surface area contributed by atoms with Crippen molar-refractivity contribution in [3.05, 3.63) is 141 Å². The Kier molecular flexibility index (Phi) is 23.1. The number of rotatable bonds is 19. The molecule has 0 unspecified atom stereocenters. The number of hydrogen-bond acceptors (Lipinski definition) is 2. The Morgan fingerprint density at radius 1 is 0.369 bits per heavy atom. The molecule has 2 saturated carbocycles. The zero-order chi connectivity index (χ0) is 45.9. The van der Waals surface area contributed by atoms with Crippen molar-refractivity contribution in [2.45, 2.75) is 200 Å². The van der Waals surface area contributed by atoms with E-state index in [4.69, 9.17) is 0 Å². The Balaban J connectivity index is 0.000000244. The summed E-state index contributed by atoms with van der Waals surface area (Å²) in [4.78, 5) is 0. The number of unbranched alkanes of at least 4 members (excludes halogenated alkanes) is 9. The summed E-state index contributed by atoms with van der Waals surface area (Å²) in [5, 5.41) is 19.2. The van der Waals surface area contributed by atoms with E-state index in [1.165, 1.54) is 155 Å². The zero-order valence-electron chi connectivity index (χ0n) is 41.0. The molecule has 0 saturated heterocycles. The Morgan fingerprint density at radius 3 is 1.12 bits per heavy atom. The third-order valence-electron chi connectivity index (χ3n) is 14.1. The average molecular weight is 865 g/mol. The Bertz CT molecular complexity index is 2190. The van der Waals surface area contributed by atoms with Crippen LogP contribution in [0.3, 0.4) is 0 Å². The van der Waals surface area contributed by atoms with Crippen LogP contribution in [0.2, 0.25) is 0 Å². The van der Waals surface area contributed by atoms with Crippen molar-refractivity contribution in [1.29, 1.82) is 10.5 Å². The number of nitriles is 2. The highest BCUT2D eigenvalue weighted by Gasteiger charge is 2.22. The van der Waals surface area contributed by atoms with Gasteiger partial charge in [0.1, 0.15) is 12.1 Å². The van der Waals surface area contributed by atoms with Gasteiger partial charge in [-0.25, -0.2) is 0 Å². The van der Waals surface area contributed by atoms with Crippen LogP contribution in [-0.4, -0.2) is 0 Å². The standard InChI is InChI=1S/C32H41N.C31H39N/c1-3-5-7-8-9-11-28-17-23-31(32(24-28)25-33)22-16-27-14-20-30(21-15-27)29-18-12-26(13-19-29)10-6-4-2;1-3-5-6-7-8-10-27-16-22-30(31(23-27)24-32)21-15-26-13-19-29(20-14-26)28-17-11-25(9-4-2)12-18-28/h12-13,17-19,23-24,27,30H,3-11,14-15,20-21H2,1-2H3;11-12,16-18,22-23,26,29H,3-10,13-14,19-20H2,1-2H3. The number of aryl methyl sites for hydroxylation is 4. The molecule has 65 heavy (non-hydrogen) atoms. The second-order valence-corrected chi connectivity index (χ2v) is 19.3. The summed E-state index contributed by atoms with van der Waals surface area (Å²) < 4.78 is 0. The minimum atomic E-state index is 0.454. The van der Waals surface area contributed by atoms with Crippen LogP contribution in [-0.2, 0) is 25.7 Å². The lowest BCUT2D eigenvalue weighted by Crippen LogP contribution is -2.12. The van der Waals surface area contributed by atoms with Crippen LogP contribution in [0.25, 0.3) is 0 Å². The summed E-state index contributed by atoms with van der Waals surface area (Å²) in [5.74, 6) is 16.0. The molecule has 0 aromatic heterocycles. The molecular formula is C63H80N2. The monoisotopic (exact) mass is 865 g/mol. The van der Waals surface area contributed by atoms with Crippen molar-refractivity contribution in [2.75, 3.05) is 0 Å². The normalized spacial score (nSPS) is 17.8. The lowest BCUT2D eigenvalue weighted by molar-refractivity contribution is 0.384. The van der Waals surface area contributed by atoms with Gasteiger partial charge < -0.3 is 0 Å². The second-order valence-electron chi connectivity index (χ2n) is 19.3. The molecule has 2 heteroatoms. The Hall–Kier alpha value is -5.02. The van der Waals surface area contributed by atoms with Crippen molar-refractivity contribution in [2.24, 2.45) is 11.8 Å². The molecule has 2 nitrogen and oxygen atoms in total. The SMILES string of the molecule is CCCCCCCc1ccc(C#CC2CCC(c3ccc(CCC)cc3)CC2)c(C#N)c1.CCCCCCCc1ccc(C#CC2CCC(c3ccc(CCCC)cc3)CC2)c(C#N)c1. The van der Waals surface area contributed by atoms with E-state index in [0.29, 0.717) is 23.7 Å². The zero-order valence-corrected chi connectivity index (χ0v) is 41.0. The fourth-order valence-corrected chi connectivity index (χ4v) is 9.85. The molecule has 0 spiro atoms. The van der Waals surface area contributed by atoms with Gasteiger partial charge >= 0.3 is 0 Å². The van der Waals surface area contributed by atoms with E-state index in [2.05, 4.69) is 148 Å². The van der Waals surface area contributed by atoms with Crippen LogP contribution in [0.4, 0.5) is 0 Å². The van der Waals surface area contributed by atoms with E-state index >= 15 is 0 Å². The summed E-state index contributed by atoms with van der Waals surface area (Å²) in [6, 6.07) is 36.0. The maximum atomic E-state index is 9.63. The van der Waals surface area contributed by atoms with Gasteiger partial charge in [0.25, 0.3) is 0 Å². The predicted octanol–water partition coefficient (Wildman–Crippen LogP) is 17.1. The highest BCUT2D eigenvalue weighted by atomic mass is 14.3. The molecule has 6 rings (SSSR count). The molecule has 0 amide bonds. The summed E-state index contributed by atoms with van der Waals surface area (Å²) in [5.41, 5.74) is 11.7. The van der Waals surface area contributed by atoms with E-state index in [9.17, 15) is 10.5 Å². The van der Waals surface area contributed by atoms with E-state index in [-0.39, 0.29) is 0 Å². The van der Waals surface area contributed by atoms with Crippen LogP contribution in [0.1, 0.15) is 230 Å². The number of nitrogens with zero attached hydrogens (tertiary/aromatic N) is 2. The number of benzene rings is 4. The lowest BCUT2D eigenvalue weighted by atomic mass is 9.78. The van der Waals surface area contributed by atoms with E-state index in [1.54, 1.807) is 0 Å². The molecule has 2 aliphatic carbocycles. The van der Waals surface area contributed by atoms with E-state index in [0.717, 1.165) is 60.8 Å². The Labute approximate surface area is 397 Å². The highest BCUT2D eigenvalue weighted by molar-refractivity contribution is 5.51. The van der Waals surface area contributed by atoms with Gasteiger partial charge in [0, 0.05) is 23.0 Å². The first-order valence-corrected chi connectivity index (χ1v) is 26.2. The molecule has 4 aromatic rings. The molecule has 2 fully saturated rings. The molecular weight excluding hydrogens is 785 g/mol. The molecule has 2 aliphatic rings. The van der Waals surface area contributed by atoms with Gasteiger partial charge in [-0.15, -0.1) is 0 Å². The van der Waals surface area contributed by atoms with Crippen molar-refractivity contribution in [3.63, 3.8) is 0 Å². The molecule has 0 radical (unpaired) electrons. The largest absolute Gasteiger partial charge is 0.192 e. The van der Waals surface area contributed by atoms with Gasteiger partial charge in [0.2, 0.25) is 0 Å². The highest BCUT2D eigenvalue weighted by Crippen LogP contribution is 2.37. The molecule has 0 bridgehead atoms. The third kappa shape index (κ3) is 17.7. The predicted molar refractivity (Wildman–Crippen MR) is 276 cm³/mol. The maximum absolute atomic E-state index is 9.63. The van der Waals surface area contributed by atoms with Crippen LogP contribution >= 0.6 is 0 Å². The van der Waals surface area contributed by atoms with E-state index < -0.39 is 0 Å². The molecule has 0 heterocycles. The third-order valence-corrected chi connectivity index (χ3v) is 14.1. The van der Waals surface area contributed by atoms with Crippen molar-refractivity contribution in [1.82, 2.24) is 0 Å². The van der Waals surface area contributed by atoms with Gasteiger partial charge in [-0.3, -0.25) is 0 Å². The van der Waals surface area contributed by atoms with Gasteiger partial charge in [-0.05, 0) is 166 Å². The minimum absolute atomic E-state index is 0.454. The smallest absolute Gasteiger partial charge is 0.100 e. The first-order valence-electron chi connectivity index (χ1n) is 26.2. The summed E-state index contributed by atoms with van der Waals surface area (Å²) in [7, 11) is 0. The van der Waals surface area contributed by atoms with Gasteiger partial charge in [-0.1, -0.05) is 176 Å². The second kappa shape index (κ2) is 29.5. The first kappa shape index (κ1) is 51.0. The maximum Gasteiger partial charge on any atom is 0.100 e. The number of hydrogen-bond donors (Lipinski definition) is 0. The lowest BCUT2D eigenvalue weighted by Gasteiger charge is -2.26. The molecule has 0 N–H and O–H groups in total. The summed E-state index contributed by atoms with van der Waals surface area (Å²) in [6.45, 7) is 8.98. The van der Waals surface area contributed by atoms with Crippen LogP contribution in [0.15, 0.2) is 84.9 Å². The Morgan fingerprint density at radius 2 is 0.738 bits per heavy atom. The van der Waals surface area contributed by atoms with Crippen molar-refractivity contribution in [3.8, 4) is 35.8 Å². The van der Waals surface area contributed by atoms with Crippen LogP contribution in [0.5, 0.6) is 0 Å². The molecule has 4 aromatic carbocycles. The summed E-state index contributed by atoms with van der Waals surface area (Å²) >= 11 is 0. The van der Waals surface area contributed by atoms with Gasteiger partial charge in [0.05, 0.1) is 11.1 Å². The van der Waals surface area contributed by atoms with Crippen LogP contribution in [0, 0.1) is 58.2 Å². The van der Waals surface area contributed by atoms with Crippen LogP contribution < -0.4 is 0 Å². The average Bonchev–Trinajstić information content (AvgIpc) is 3.35. The van der Waals surface area contributed by atoms with Gasteiger partial charge in [0.15, 0.2) is 0 Å². The summed E-state index contributed by atoms with van der Waals surface area (Å²) in [6.07, 6.45) is 30.6. The van der Waals surface area contributed by atoms with Gasteiger partial charge in [-0.2, -0.15) is 10.5 Å². The first-order chi connectivity index (χ1) is 32.0. The quantitative estimate of drug-likeness (QED) is 0.0696. The molecule has 0 aliphatic heterocycles. The van der Waals surface area contributed by atoms with Crippen molar-refractivity contribution >= 4 is 0 Å². The molecule has 0 atom stereocenters.